The average Bonchev–Trinajstić information content (AvgIpc) is 4.10. The van der Waals surface area contributed by atoms with Crippen molar-refractivity contribution in [2.75, 3.05) is 13.1 Å². The lowest BCUT2D eigenvalue weighted by molar-refractivity contribution is -0.124. The Balaban J connectivity index is 0.000000159. The fourth-order valence-electron chi connectivity index (χ4n) is 9.41. The van der Waals surface area contributed by atoms with Gasteiger partial charge in [-0.1, -0.05) is 34.6 Å². The highest BCUT2D eigenvalue weighted by Gasteiger charge is 2.39. The van der Waals surface area contributed by atoms with Gasteiger partial charge in [0.1, 0.15) is 28.6 Å². The topological polar surface area (TPSA) is 196 Å². The summed E-state index contributed by atoms with van der Waals surface area (Å²) < 4.78 is 49.5. The van der Waals surface area contributed by atoms with Gasteiger partial charge in [0.05, 0.1) is 39.9 Å². The first-order valence-corrected chi connectivity index (χ1v) is 21.4. The molecule has 4 aliphatic heterocycles. The fourth-order valence-corrected chi connectivity index (χ4v) is 9.41. The molecule has 0 spiro atoms. The summed E-state index contributed by atoms with van der Waals surface area (Å²) in [6, 6.07) is 19.8. The van der Waals surface area contributed by atoms with Crippen molar-refractivity contribution in [2.24, 2.45) is 0 Å². The van der Waals surface area contributed by atoms with E-state index in [2.05, 4.69) is 26.3 Å². The smallest absolute Gasteiger partial charge is 0.410 e. The average molecular weight is 941 g/mol. The van der Waals surface area contributed by atoms with E-state index >= 15 is 0 Å². The molecule has 68 heavy (non-hydrogen) atoms. The Bertz CT molecular complexity index is 3570. The monoisotopic (exact) mass is 940 g/mol. The molecule has 4 aromatic carbocycles. The first-order chi connectivity index (χ1) is 32.2. The summed E-state index contributed by atoms with van der Waals surface area (Å²) in [4.78, 5) is 65.9. The Morgan fingerprint density at radius 3 is 1.68 bits per heavy atom. The number of hydrogen-bond donors (Lipinski definition) is 3. The number of rotatable bonds is 4. The molecule has 5 amide bonds. The number of fused-ring (bicyclic) bond motifs is 2. The van der Waals surface area contributed by atoms with Crippen LogP contribution in [0.25, 0.3) is 66.0 Å². The van der Waals surface area contributed by atoms with E-state index in [1.54, 1.807) is 69.4 Å². The minimum absolute atomic E-state index is 0. The van der Waals surface area contributed by atoms with Crippen LogP contribution in [0.5, 0.6) is 0 Å². The molecule has 0 radical (unpaired) electrons. The van der Waals surface area contributed by atoms with Gasteiger partial charge in [-0.25, -0.2) is 13.6 Å². The molecule has 0 unspecified atom stereocenters. The SMILES string of the molecule is CC(C)(C)OC(=O)N1CCn2cc(C3=C(c4noc5ccccc45)C(=O)NC3=O)c3cc(F)cc(c32)C1.Cl.O=C1NC(=O)C(c2cn3c4c(cc(F)cc24)CNCC3)=C1c1noc2ccccc12. The third-order valence-corrected chi connectivity index (χ3v) is 12.1. The molecule has 16 nitrogen and oxygen atoms in total. The molecule has 8 aromatic rings. The van der Waals surface area contributed by atoms with E-state index in [9.17, 15) is 32.8 Å². The van der Waals surface area contributed by atoms with Crippen LogP contribution in [-0.2, 0) is 50.1 Å². The summed E-state index contributed by atoms with van der Waals surface area (Å²) in [7, 11) is 0. The van der Waals surface area contributed by atoms with Gasteiger partial charge >= 0.3 is 6.09 Å². The summed E-state index contributed by atoms with van der Waals surface area (Å²) in [5.74, 6) is -3.17. The van der Waals surface area contributed by atoms with Gasteiger partial charge in [-0.3, -0.25) is 29.8 Å². The van der Waals surface area contributed by atoms with Crippen LogP contribution in [0.3, 0.4) is 0 Å². The van der Waals surface area contributed by atoms with Crippen LogP contribution in [0, 0.1) is 11.6 Å². The fraction of sp³-hybridized carbons (Fsp3) is 0.204. The van der Waals surface area contributed by atoms with Crippen LogP contribution in [-0.4, -0.2) is 72.8 Å². The number of benzene rings is 4. The number of carbonyl (C=O) groups excluding carboxylic acids is 5. The predicted molar refractivity (Wildman–Crippen MR) is 247 cm³/mol. The molecule has 344 valence electrons. The number of imide groups is 2. The van der Waals surface area contributed by atoms with Crippen molar-refractivity contribution in [1.29, 1.82) is 0 Å². The zero-order valence-corrected chi connectivity index (χ0v) is 37.3. The third-order valence-electron chi connectivity index (χ3n) is 12.1. The first-order valence-electron chi connectivity index (χ1n) is 21.4. The van der Waals surface area contributed by atoms with Crippen molar-refractivity contribution in [3.63, 3.8) is 0 Å². The molecular weight excluding hydrogens is 902 g/mol. The highest BCUT2D eigenvalue weighted by molar-refractivity contribution is 6.51. The van der Waals surface area contributed by atoms with Crippen LogP contribution < -0.4 is 16.0 Å². The Morgan fingerprint density at radius 2 is 1.13 bits per heavy atom. The van der Waals surface area contributed by atoms with Crippen LogP contribution >= 0.6 is 12.4 Å². The maximum absolute atomic E-state index is 14.9. The number of nitrogens with zero attached hydrogens (tertiary/aromatic N) is 5. The molecule has 0 bridgehead atoms. The summed E-state index contributed by atoms with van der Waals surface area (Å²) in [5, 5.41) is 18.4. The minimum Gasteiger partial charge on any atom is -0.444 e. The lowest BCUT2D eigenvalue weighted by atomic mass is 9.96. The number of aromatic nitrogens is 4. The molecule has 0 saturated carbocycles. The van der Waals surface area contributed by atoms with Crippen LogP contribution in [0.4, 0.5) is 13.6 Å². The Labute approximate surface area is 389 Å². The van der Waals surface area contributed by atoms with Gasteiger partial charge < -0.3 is 33.1 Å². The van der Waals surface area contributed by atoms with Crippen molar-refractivity contribution in [3.8, 4) is 0 Å². The van der Waals surface area contributed by atoms with E-state index in [-0.39, 0.29) is 52.8 Å². The highest BCUT2D eigenvalue weighted by atomic mass is 35.5. The van der Waals surface area contributed by atoms with Crippen molar-refractivity contribution in [2.45, 2.75) is 52.6 Å². The summed E-state index contributed by atoms with van der Waals surface area (Å²) >= 11 is 0. The molecule has 12 rings (SSSR count). The zero-order chi connectivity index (χ0) is 46.5. The van der Waals surface area contributed by atoms with E-state index in [1.807, 2.05) is 21.4 Å². The number of para-hydroxylation sites is 2. The number of amides is 5. The maximum atomic E-state index is 14.9. The zero-order valence-electron chi connectivity index (χ0n) is 36.5. The standard InChI is InChI=1S/C27H23FN4O5.C22H15FN4O3.ClH/c1-27(2,3)36-26(35)32-9-8-31-13-18(17-11-15(28)10-14(12-32)23(17)31)20-21(25(34)29-24(20)33)22-16-6-4-5-7-19(16)37-30-22;23-12-7-11-9-24-5-6-27-10-15(14(8-12)20(11)27)17-18(22(29)25-21(17)28)19-13-3-1-2-4-16(13)30-26-19;/h4-7,10-11,13H,8-9,12H2,1-3H3,(H,29,33,34);1-4,7-8,10,24H,5-6,9H2,(H,25,28,29);1H. The quantitative estimate of drug-likeness (QED) is 0.150. The highest BCUT2D eigenvalue weighted by Crippen LogP contribution is 2.41. The third kappa shape index (κ3) is 7.28. The Hall–Kier alpha value is -7.96. The normalized spacial score (nSPS) is 16.0. The van der Waals surface area contributed by atoms with Crippen molar-refractivity contribution < 1.29 is 46.5 Å². The number of nitrogens with one attached hydrogen (secondary N) is 3. The second kappa shape index (κ2) is 16.4. The Kier molecular flexibility index (Phi) is 10.6. The molecule has 4 aromatic heterocycles. The number of carbonyl (C=O) groups is 5. The lowest BCUT2D eigenvalue weighted by Crippen LogP contribution is -2.37. The van der Waals surface area contributed by atoms with Crippen LogP contribution in [0.15, 0.2) is 94.2 Å². The van der Waals surface area contributed by atoms with E-state index in [0.717, 1.165) is 11.1 Å². The minimum atomic E-state index is -0.667. The largest absolute Gasteiger partial charge is 0.444 e. The molecule has 8 heterocycles. The number of halogens is 3. The Morgan fingerprint density at radius 1 is 0.647 bits per heavy atom. The summed E-state index contributed by atoms with van der Waals surface area (Å²) in [6.07, 6.45) is 3.05. The molecule has 0 fully saturated rings. The van der Waals surface area contributed by atoms with Crippen LogP contribution in [0.1, 0.15) is 54.4 Å². The molecule has 19 heteroatoms. The van der Waals surface area contributed by atoms with Gasteiger partial charge in [-0.05, 0) is 80.4 Å². The molecule has 0 saturated heterocycles. The van der Waals surface area contributed by atoms with E-state index in [4.69, 9.17) is 13.8 Å². The van der Waals surface area contributed by atoms with Crippen molar-refractivity contribution in [1.82, 2.24) is 40.3 Å². The second-order valence-electron chi connectivity index (χ2n) is 17.6. The molecular formula is C49H39ClF2N8O8. The summed E-state index contributed by atoms with van der Waals surface area (Å²) in [5.41, 5.74) is 5.24. The van der Waals surface area contributed by atoms with Gasteiger partial charge in [0, 0.05) is 77.8 Å². The van der Waals surface area contributed by atoms with Gasteiger partial charge in [0.25, 0.3) is 23.6 Å². The van der Waals surface area contributed by atoms with Gasteiger partial charge in [0.2, 0.25) is 0 Å². The van der Waals surface area contributed by atoms with E-state index in [0.29, 0.717) is 93.3 Å². The molecule has 0 aliphatic carbocycles. The van der Waals surface area contributed by atoms with Gasteiger partial charge in [-0.15, -0.1) is 12.4 Å². The van der Waals surface area contributed by atoms with Gasteiger partial charge in [-0.2, -0.15) is 0 Å². The van der Waals surface area contributed by atoms with E-state index in [1.165, 1.54) is 29.2 Å². The van der Waals surface area contributed by atoms with Crippen molar-refractivity contribution in [3.05, 3.63) is 130 Å². The van der Waals surface area contributed by atoms with Crippen LogP contribution in [0.2, 0.25) is 0 Å². The molecule has 3 N–H and O–H groups in total. The van der Waals surface area contributed by atoms with E-state index < -0.39 is 41.1 Å². The summed E-state index contributed by atoms with van der Waals surface area (Å²) in [6.45, 7) is 8.12. The van der Waals surface area contributed by atoms with Gasteiger partial charge in [0.15, 0.2) is 11.2 Å². The lowest BCUT2D eigenvalue weighted by Gasteiger charge is -2.26. The van der Waals surface area contributed by atoms with Crippen molar-refractivity contribution >= 4 is 108 Å². The number of hydrogen-bond acceptors (Lipinski definition) is 11. The molecule has 4 aliphatic rings. The number of ether oxygens (including phenoxy) is 1. The predicted octanol–water partition coefficient (Wildman–Crippen LogP) is 7.25. The maximum Gasteiger partial charge on any atom is 0.410 e. The first kappa shape index (κ1) is 43.9. The molecule has 0 atom stereocenters. The second-order valence-corrected chi connectivity index (χ2v) is 17.6.